The molecule has 9 nitrogen and oxygen atoms in total. The van der Waals surface area contributed by atoms with Crippen molar-refractivity contribution in [2.24, 2.45) is 0 Å². The summed E-state index contributed by atoms with van der Waals surface area (Å²) in [5.74, 6) is -3.51. The summed E-state index contributed by atoms with van der Waals surface area (Å²) in [6, 6.07) is 14.6. The minimum atomic E-state index is -4.09. The number of urea groups is 1. The van der Waals surface area contributed by atoms with Crippen LogP contribution in [0.4, 0.5) is 13.6 Å². The normalized spacial score (nSPS) is 20.7. The molecule has 0 aliphatic carbocycles. The number of fused-ring (bicyclic) bond motifs is 1. The van der Waals surface area contributed by atoms with Crippen LogP contribution in [0.25, 0.3) is 10.8 Å². The molecule has 0 bridgehead atoms. The minimum absolute atomic E-state index is 0.00593. The third kappa shape index (κ3) is 4.29. The first-order valence-corrected chi connectivity index (χ1v) is 13.3. The molecule has 38 heavy (non-hydrogen) atoms. The molecule has 1 N–H and O–H groups in total. The molecule has 0 spiro atoms. The molecule has 5 rings (SSSR count). The van der Waals surface area contributed by atoms with Crippen molar-refractivity contribution in [3.05, 3.63) is 77.9 Å². The number of nitrogens with one attached hydrogen (secondary N) is 1. The average molecular weight is 543 g/mol. The Balaban J connectivity index is 1.27. The number of hydrogen-bond acceptors (Lipinski definition) is 5. The Morgan fingerprint density at radius 1 is 0.947 bits per heavy atom. The molecule has 1 atom stereocenters. The third-order valence-electron chi connectivity index (χ3n) is 7.02. The van der Waals surface area contributed by atoms with Gasteiger partial charge >= 0.3 is 6.03 Å². The maximum Gasteiger partial charge on any atom is 0.325 e. The van der Waals surface area contributed by atoms with Crippen molar-refractivity contribution in [3.8, 4) is 0 Å². The van der Waals surface area contributed by atoms with Gasteiger partial charge in [0.15, 0.2) is 11.6 Å². The van der Waals surface area contributed by atoms with E-state index < -0.39 is 51.6 Å². The summed E-state index contributed by atoms with van der Waals surface area (Å²) in [4.78, 5) is 41.1. The van der Waals surface area contributed by atoms with Gasteiger partial charge in [-0.25, -0.2) is 22.0 Å². The molecular formula is C26H24F2N4O5S. The van der Waals surface area contributed by atoms with E-state index in [4.69, 9.17) is 0 Å². The first kappa shape index (κ1) is 25.7. The number of sulfonamides is 1. The zero-order chi connectivity index (χ0) is 27.2. The van der Waals surface area contributed by atoms with Crippen LogP contribution in [0.1, 0.15) is 12.5 Å². The number of halogens is 2. The number of amides is 4. The number of piperazine rings is 1. The lowest BCUT2D eigenvalue weighted by Gasteiger charge is -2.34. The van der Waals surface area contributed by atoms with E-state index in [1.54, 1.807) is 19.1 Å². The molecule has 2 aliphatic heterocycles. The smallest absolute Gasteiger partial charge is 0.325 e. The number of nitrogens with zero attached hydrogens (tertiary/aromatic N) is 3. The SMILES string of the molecule is C[C@@]1(c2cccc3ccccc23)NC(=O)N(CC(=O)N2CCN(S(=O)(=O)c3ccc(F)c(F)c3)CC2)C1=O. The van der Waals surface area contributed by atoms with Crippen LogP contribution in [0.15, 0.2) is 65.6 Å². The van der Waals surface area contributed by atoms with Gasteiger partial charge in [-0.2, -0.15) is 4.31 Å². The molecule has 2 saturated heterocycles. The number of benzene rings is 3. The van der Waals surface area contributed by atoms with E-state index in [1.807, 2.05) is 30.3 Å². The lowest BCUT2D eigenvalue weighted by molar-refractivity contribution is -0.139. The fraction of sp³-hybridized carbons (Fsp3) is 0.269. The Bertz CT molecular complexity index is 1570. The van der Waals surface area contributed by atoms with E-state index in [2.05, 4.69) is 5.32 Å². The van der Waals surface area contributed by atoms with E-state index in [9.17, 15) is 31.6 Å². The molecular weight excluding hydrogens is 518 g/mol. The van der Waals surface area contributed by atoms with Crippen LogP contribution < -0.4 is 5.32 Å². The number of carbonyl (C=O) groups is 3. The highest BCUT2D eigenvalue weighted by Crippen LogP contribution is 2.34. The first-order chi connectivity index (χ1) is 18.0. The lowest BCUT2D eigenvalue weighted by atomic mass is 9.88. The summed E-state index contributed by atoms with van der Waals surface area (Å²) in [5.41, 5.74) is -0.755. The highest BCUT2D eigenvalue weighted by atomic mass is 32.2. The molecule has 12 heteroatoms. The fourth-order valence-corrected chi connectivity index (χ4v) is 6.32. The summed E-state index contributed by atoms with van der Waals surface area (Å²) >= 11 is 0. The van der Waals surface area contributed by atoms with Crippen LogP contribution in [-0.4, -0.2) is 73.1 Å². The monoisotopic (exact) mass is 542 g/mol. The van der Waals surface area contributed by atoms with Crippen LogP contribution in [0.5, 0.6) is 0 Å². The van der Waals surface area contributed by atoms with Crippen molar-refractivity contribution in [1.82, 2.24) is 19.4 Å². The maximum absolute atomic E-state index is 13.6. The largest absolute Gasteiger partial charge is 0.338 e. The second kappa shape index (κ2) is 9.44. The van der Waals surface area contributed by atoms with E-state index in [0.29, 0.717) is 11.6 Å². The number of imide groups is 1. The second-order valence-corrected chi connectivity index (χ2v) is 11.3. The van der Waals surface area contributed by atoms with Gasteiger partial charge in [-0.05, 0) is 41.5 Å². The number of hydrogen-bond donors (Lipinski definition) is 1. The van der Waals surface area contributed by atoms with Crippen LogP contribution in [-0.2, 0) is 25.2 Å². The second-order valence-electron chi connectivity index (χ2n) is 9.33. The van der Waals surface area contributed by atoms with Gasteiger partial charge in [0.2, 0.25) is 15.9 Å². The zero-order valence-electron chi connectivity index (χ0n) is 20.4. The Labute approximate surface area is 217 Å². The standard InChI is InChI=1S/C26H24F2N4O5S/c1-26(20-8-4-6-17-5-2-3-7-19(17)20)24(34)32(25(35)29-26)16-23(33)30-11-13-31(14-12-30)38(36,37)18-9-10-21(27)22(28)15-18/h2-10,15H,11-14,16H2,1H3,(H,29,35)/t26-/m0/s1. The van der Waals surface area contributed by atoms with Gasteiger partial charge in [0.05, 0.1) is 4.90 Å². The van der Waals surface area contributed by atoms with E-state index >= 15 is 0 Å². The van der Waals surface area contributed by atoms with Crippen molar-refractivity contribution in [1.29, 1.82) is 0 Å². The van der Waals surface area contributed by atoms with Crippen molar-refractivity contribution in [2.45, 2.75) is 17.4 Å². The van der Waals surface area contributed by atoms with E-state index in [1.165, 1.54) is 4.90 Å². The third-order valence-corrected chi connectivity index (χ3v) is 8.91. The molecule has 2 aliphatic rings. The van der Waals surface area contributed by atoms with Gasteiger partial charge in [0.1, 0.15) is 12.1 Å². The molecule has 0 unspecified atom stereocenters. The maximum atomic E-state index is 13.6. The van der Waals surface area contributed by atoms with Crippen molar-refractivity contribution in [3.63, 3.8) is 0 Å². The highest BCUT2D eigenvalue weighted by molar-refractivity contribution is 7.89. The minimum Gasteiger partial charge on any atom is -0.338 e. The van der Waals surface area contributed by atoms with Crippen LogP contribution in [0, 0.1) is 11.6 Å². The van der Waals surface area contributed by atoms with Crippen molar-refractivity contribution in [2.75, 3.05) is 32.7 Å². The molecule has 0 radical (unpaired) electrons. The quantitative estimate of drug-likeness (QED) is 0.499. The molecule has 4 amide bonds. The number of rotatable bonds is 5. The highest BCUT2D eigenvalue weighted by Gasteiger charge is 2.50. The van der Waals surface area contributed by atoms with Crippen LogP contribution in [0.2, 0.25) is 0 Å². The summed E-state index contributed by atoms with van der Waals surface area (Å²) in [5, 5.41) is 4.43. The molecule has 0 aromatic heterocycles. The van der Waals surface area contributed by atoms with Crippen LogP contribution in [0.3, 0.4) is 0 Å². The topological polar surface area (TPSA) is 107 Å². The molecule has 3 aromatic carbocycles. The van der Waals surface area contributed by atoms with Gasteiger partial charge in [-0.15, -0.1) is 0 Å². The van der Waals surface area contributed by atoms with E-state index in [-0.39, 0.29) is 31.1 Å². The van der Waals surface area contributed by atoms with Crippen molar-refractivity contribution < 1.29 is 31.6 Å². The van der Waals surface area contributed by atoms with E-state index in [0.717, 1.165) is 32.1 Å². The summed E-state index contributed by atoms with van der Waals surface area (Å²) < 4.78 is 53.5. The molecule has 2 fully saturated rings. The molecule has 198 valence electrons. The molecule has 3 aromatic rings. The lowest BCUT2D eigenvalue weighted by Crippen LogP contribution is -2.53. The summed E-state index contributed by atoms with van der Waals surface area (Å²) in [6.45, 7) is 0.947. The number of carbonyl (C=O) groups excluding carboxylic acids is 3. The molecule has 0 saturated carbocycles. The Morgan fingerprint density at radius 3 is 2.34 bits per heavy atom. The van der Waals surface area contributed by atoms with Gasteiger partial charge in [0.25, 0.3) is 5.91 Å². The predicted molar refractivity (Wildman–Crippen MR) is 133 cm³/mol. The van der Waals surface area contributed by atoms with Gasteiger partial charge < -0.3 is 10.2 Å². The summed E-state index contributed by atoms with van der Waals surface area (Å²) in [7, 11) is -4.09. The average Bonchev–Trinajstić information content (AvgIpc) is 3.13. The Hall–Kier alpha value is -3.90. The fourth-order valence-electron chi connectivity index (χ4n) is 4.88. The zero-order valence-corrected chi connectivity index (χ0v) is 21.2. The molecule has 2 heterocycles. The Morgan fingerprint density at radius 2 is 1.63 bits per heavy atom. The van der Waals surface area contributed by atoms with Gasteiger partial charge in [-0.3, -0.25) is 14.5 Å². The van der Waals surface area contributed by atoms with Gasteiger partial charge in [0, 0.05) is 26.2 Å². The van der Waals surface area contributed by atoms with Crippen LogP contribution >= 0.6 is 0 Å². The Kier molecular flexibility index (Phi) is 6.40. The van der Waals surface area contributed by atoms with Crippen molar-refractivity contribution >= 4 is 38.6 Å². The predicted octanol–water partition coefficient (Wildman–Crippen LogP) is 2.42. The summed E-state index contributed by atoms with van der Waals surface area (Å²) in [6.07, 6.45) is 0. The van der Waals surface area contributed by atoms with Gasteiger partial charge in [-0.1, -0.05) is 42.5 Å². The first-order valence-electron chi connectivity index (χ1n) is 11.9.